The van der Waals surface area contributed by atoms with Crippen molar-refractivity contribution >= 4 is 16.9 Å². The summed E-state index contributed by atoms with van der Waals surface area (Å²) in [6, 6.07) is 25.1. The Hall–Kier alpha value is -3.48. The van der Waals surface area contributed by atoms with Crippen LogP contribution in [0.2, 0.25) is 0 Å². The van der Waals surface area contributed by atoms with E-state index in [1.807, 2.05) is 47.4 Å². The van der Waals surface area contributed by atoms with Crippen LogP contribution in [0.5, 0.6) is 0 Å². The number of carbonyl (C=O) groups is 1. The van der Waals surface area contributed by atoms with Crippen molar-refractivity contribution in [1.82, 2.24) is 24.7 Å². The topological polar surface area (TPSA) is 55.5 Å². The van der Waals surface area contributed by atoms with Gasteiger partial charge in [-0.15, -0.1) is 0 Å². The maximum absolute atomic E-state index is 13.4. The lowest BCUT2D eigenvalue weighted by Crippen LogP contribution is -2.54. The quantitative estimate of drug-likeness (QED) is 0.459. The number of nitrogens with one attached hydrogen (secondary N) is 1. The van der Waals surface area contributed by atoms with Crippen LogP contribution in [0.25, 0.3) is 33.5 Å². The molecule has 1 amide bonds. The van der Waals surface area contributed by atoms with E-state index in [2.05, 4.69) is 52.2 Å². The second-order valence-corrected chi connectivity index (χ2v) is 10.1. The number of benzene rings is 3. The van der Waals surface area contributed by atoms with E-state index < -0.39 is 0 Å². The SMILES string of the molecule is CN1CCC(N2CCN(C(=O)c3cccc(-c4cccc(-c5nc6ccccc6[nH]5)c4)c3)CC2)CC1. The Kier molecular flexibility index (Phi) is 6.30. The number of piperidine rings is 1. The summed E-state index contributed by atoms with van der Waals surface area (Å²) < 4.78 is 0. The predicted octanol–water partition coefficient (Wildman–Crippen LogP) is 4.75. The van der Waals surface area contributed by atoms with Gasteiger partial charge in [-0.05, 0) is 74.4 Å². The number of amides is 1. The van der Waals surface area contributed by atoms with E-state index in [-0.39, 0.29) is 5.91 Å². The third kappa shape index (κ3) is 4.66. The minimum atomic E-state index is 0.133. The minimum absolute atomic E-state index is 0.133. The number of imidazole rings is 1. The molecule has 0 saturated carbocycles. The lowest BCUT2D eigenvalue weighted by atomic mass is 10.00. The molecule has 1 N–H and O–H groups in total. The first-order valence-electron chi connectivity index (χ1n) is 13.0. The molecular weight excluding hydrogens is 446 g/mol. The van der Waals surface area contributed by atoms with Crippen molar-refractivity contribution in [2.75, 3.05) is 46.3 Å². The molecule has 0 atom stereocenters. The Morgan fingerprint density at radius 2 is 1.50 bits per heavy atom. The standard InChI is InChI=1S/C30H33N5O/c1-33-14-12-26(13-15-33)34-16-18-35(19-17-34)30(36)25-9-5-7-23(21-25)22-6-4-8-24(20-22)29-31-27-10-2-3-11-28(27)32-29/h2-11,20-21,26H,12-19H2,1H3,(H,31,32). The number of nitrogens with zero attached hydrogens (tertiary/aromatic N) is 4. The number of para-hydroxylation sites is 2. The summed E-state index contributed by atoms with van der Waals surface area (Å²) >= 11 is 0. The molecule has 0 unspecified atom stereocenters. The normalized spacial score (nSPS) is 18.1. The van der Waals surface area contributed by atoms with Crippen LogP contribution < -0.4 is 0 Å². The van der Waals surface area contributed by atoms with Crippen LogP contribution in [0.3, 0.4) is 0 Å². The van der Waals surface area contributed by atoms with Gasteiger partial charge in [0.1, 0.15) is 5.82 Å². The lowest BCUT2D eigenvalue weighted by molar-refractivity contribution is 0.0475. The largest absolute Gasteiger partial charge is 0.338 e. The van der Waals surface area contributed by atoms with E-state index in [0.717, 1.165) is 65.3 Å². The molecule has 2 aliphatic rings. The molecule has 2 saturated heterocycles. The number of aromatic nitrogens is 2. The van der Waals surface area contributed by atoms with Gasteiger partial charge in [-0.1, -0.05) is 42.5 Å². The van der Waals surface area contributed by atoms with Crippen LogP contribution in [-0.4, -0.2) is 82.9 Å². The summed E-state index contributed by atoms with van der Waals surface area (Å²) in [5, 5.41) is 0. The fourth-order valence-electron chi connectivity index (χ4n) is 5.60. The highest BCUT2D eigenvalue weighted by molar-refractivity contribution is 5.95. The highest BCUT2D eigenvalue weighted by Crippen LogP contribution is 2.27. The number of likely N-dealkylation sites (tertiary alicyclic amines) is 1. The number of aromatic amines is 1. The Morgan fingerprint density at radius 1 is 0.806 bits per heavy atom. The summed E-state index contributed by atoms with van der Waals surface area (Å²) in [5.74, 6) is 0.987. The van der Waals surface area contributed by atoms with Crippen molar-refractivity contribution in [3.05, 3.63) is 78.4 Å². The Balaban J connectivity index is 1.16. The first-order chi connectivity index (χ1) is 17.6. The van der Waals surface area contributed by atoms with Crippen LogP contribution in [-0.2, 0) is 0 Å². The first kappa shape index (κ1) is 23.0. The van der Waals surface area contributed by atoms with Gasteiger partial charge in [-0.3, -0.25) is 9.69 Å². The molecule has 2 aliphatic heterocycles. The molecule has 0 radical (unpaired) electrons. The molecular formula is C30H33N5O. The molecule has 6 heteroatoms. The molecule has 3 heterocycles. The summed E-state index contributed by atoms with van der Waals surface area (Å²) in [4.78, 5) is 28.6. The fourth-order valence-corrected chi connectivity index (χ4v) is 5.60. The molecule has 2 fully saturated rings. The number of rotatable bonds is 4. The smallest absolute Gasteiger partial charge is 0.253 e. The van der Waals surface area contributed by atoms with Gasteiger partial charge in [-0.25, -0.2) is 4.98 Å². The van der Waals surface area contributed by atoms with Crippen molar-refractivity contribution in [1.29, 1.82) is 0 Å². The minimum Gasteiger partial charge on any atom is -0.338 e. The zero-order chi connectivity index (χ0) is 24.5. The monoisotopic (exact) mass is 479 g/mol. The van der Waals surface area contributed by atoms with Crippen LogP contribution in [0.4, 0.5) is 0 Å². The second-order valence-electron chi connectivity index (χ2n) is 10.1. The number of carbonyl (C=O) groups excluding carboxylic acids is 1. The van der Waals surface area contributed by atoms with E-state index in [1.54, 1.807) is 0 Å². The van der Waals surface area contributed by atoms with Crippen LogP contribution in [0.15, 0.2) is 72.8 Å². The van der Waals surface area contributed by atoms with E-state index in [1.165, 1.54) is 25.9 Å². The zero-order valence-corrected chi connectivity index (χ0v) is 20.9. The molecule has 0 spiro atoms. The van der Waals surface area contributed by atoms with Crippen LogP contribution >= 0.6 is 0 Å². The molecule has 6 rings (SSSR count). The van der Waals surface area contributed by atoms with Gasteiger partial charge in [0.15, 0.2) is 0 Å². The van der Waals surface area contributed by atoms with Gasteiger partial charge >= 0.3 is 0 Å². The molecule has 3 aromatic carbocycles. The van der Waals surface area contributed by atoms with Gasteiger partial charge in [0.05, 0.1) is 11.0 Å². The average molecular weight is 480 g/mol. The summed E-state index contributed by atoms with van der Waals surface area (Å²) in [6.07, 6.45) is 2.47. The Bertz CT molecular complexity index is 1330. The van der Waals surface area contributed by atoms with Crippen LogP contribution in [0, 0.1) is 0 Å². The Morgan fingerprint density at radius 3 is 2.28 bits per heavy atom. The van der Waals surface area contributed by atoms with E-state index in [4.69, 9.17) is 4.98 Å². The molecule has 36 heavy (non-hydrogen) atoms. The second kappa shape index (κ2) is 9.88. The summed E-state index contributed by atoms with van der Waals surface area (Å²) in [6.45, 7) is 5.90. The van der Waals surface area contributed by atoms with E-state index >= 15 is 0 Å². The van der Waals surface area contributed by atoms with Gasteiger partial charge < -0.3 is 14.8 Å². The molecule has 1 aromatic heterocycles. The van der Waals surface area contributed by atoms with E-state index in [9.17, 15) is 4.79 Å². The number of piperazine rings is 1. The van der Waals surface area contributed by atoms with Crippen molar-refractivity contribution in [3.8, 4) is 22.5 Å². The van der Waals surface area contributed by atoms with Crippen molar-refractivity contribution < 1.29 is 4.79 Å². The Labute approximate surface area is 212 Å². The fraction of sp³-hybridized carbons (Fsp3) is 0.333. The number of H-pyrrole nitrogens is 1. The molecule has 184 valence electrons. The lowest BCUT2D eigenvalue weighted by Gasteiger charge is -2.42. The molecule has 4 aromatic rings. The summed E-state index contributed by atoms with van der Waals surface area (Å²) in [7, 11) is 2.20. The van der Waals surface area contributed by atoms with Crippen molar-refractivity contribution in [2.24, 2.45) is 0 Å². The maximum atomic E-state index is 13.4. The first-order valence-corrected chi connectivity index (χ1v) is 13.0. The highest BCUT2D eigenvalue weighted by Gasteiger charge is 2.28. The number of hydrogen-bond acceptors (Lipinski definition) is 4. The van der Waals surface area contributed by atoms with Gasteiger partial charge in [0.25, 0.3) is 5.91 Å². The average Bonchev–Trinajstić information content (AvgIpc) is 3.38. The van der Waals surface area contributed by atoms with Crippen molar-refractivity contribution in [3.63, 3.8) is 0 Å². The summed E-state index contributed by atoms with van der Waals surface area (Å²) in [5.41, 5.74) is 5.90. The number of fused-ring (bicyclic) bond motifs is 1. The molecule has 6 nitrogen and oxygen atoms in total. The third-order valence-electron chi connectivity index (χ3n) is 7.77. The number of hydrogen-bond donors (Lipinski definition) is 1. The highest BCUT2D eigenvalue weighted by atomic mass is 16.2. The molecule has 0 aliphatic carbocycles. The van der Waals surface area contributed by atoms with Gasteiger partial charge in [0, 0.05) is 43.3 Å². The van der Waals surface area contributed by atoms with Crippen molar-refractivity contribution in [2.45, 2.75) is 18.9 Å². The van der Waals surface area contributed by atoms with Gasteiger partial charge in [-0.2, -0.15) is 0 Å². The van der Waals surface area contributed by atoms with E-state index in [0.29, 0.717) is 6.04 Å². The molecule has 0 bridgehead atoms. The predicted molar refractivity (Wildman–Crippen MR) is 145 cm³/mol. The van der Waals surface area contributed by atoms with Crippen LogP contribution in [0.1, 0.15) is 23.2 Å². The maximum Gasteiger partial charge on any atom is 0.253 e. The third-order valence-corrected chi connectivity index (χ3v) is 7.77. The van der Waals surface area contributed by atoms with Gasteiger partial charge in [0.2, 0.25) is 0 Å². The zero-order valence-electron chi connectivity index (χ0n) is 20.9.